The second-order valence-corrected chi connectivity index (χ2v) is 8.69. The van der Waals surface area contributed by atoms with Gasteiger partial charge in [0, 0.05) is 14.3 Å². The molecule has 2 aromatic carbocycles. The number of amides is 1. The lowest BCUT2D eigenvalue weighted by Gasteiger charge is -2.15. The van der Waals surface area contributed by atoms with Gasteiger partial charge in [0.1, 0.15) is 4.90 Å². The van der Waals surface area contributed by atoms with Crippen molar-refractivity contribution in [1.29, 1.82) is 0 Å². The van der Waals surface area contributed by atoms with Gasteiger partial charge >= 0.3 is 0 Å². The third-order valence-electron chi connectivity index (χ3n) is 3.02. The van der Waals surface area contributed by atoms with E-state index in [1.54, 1.807) is 12.1 Å². The lowest BCUT2D eigenvalue weighted by atomic mass is 10.3. The maximum atomic E-state index is 12.4. The fourth-order valence-corrected chi connectivity index (χ4v) is 4.14. The summed E-state index contributed by atoms with van der Waals surface area (Å²) in [6.07, 6.45) is 0. The second kappa shape index (κ2) is 8.01. The Balaban J connectivity index is 2.12. The van der Waals surface area contributed by atoms with Gasteiger partial charge in [0.25, 0.3) is 0 Å². The van der Waals surface area contributed by atoms with Crippen LogP contribution in [0.4, 0.5) is 5.69 Å². The van der Waals surface area contributed by atoms with Gasteiger partial charge in [0.2, 0.25) is 15.9 Å². The number of halogens is 3. The van der Waals surface area contributed by atoms with E-state index in [1.165, 1.54) is 25.1 Å². The Morgan fingerprint density at radius 1 is 1.12 bits per heavy atom. The Morgan fingerprint density at radius 2 is 1.75 bits per heavy atom. The molecule has 2 rings (SSSR count). The summed E-state index contributed by atoms with van der Waals surface area (Å²) in [4.78, 5) is 12.0. The first-order chi connectivity index (χ1) is 11.2. The molecule has 0 bridgehead atoms. The smallest absolute Gasteiger partial charge is 0.242 e. The number of benzene rings is 2. The second-order valence-electron chi connectivity index (χ2n) is 4.91. The third-order valence-corrected chi connectivity index (χ3v) is 6.00. The summed E-state index contributed by atoms with van der Waals surface area (Å²) in [6.45, 7) is 1.44. The molecule has 1 atom stereocenters. The van der Waals surface area contributed by atoms with Crippen molar-refractivity contribution in [3.05, 3.63) is 56.1 Å². The van der Waals surface area contributed by atoms with Gasteiger partial charge in [-0.05, 0) is 72.0 Å². The Hall–Kier alpha value is -0.870. The van der Waals surface area contributed by atoms with Gasteiger partial charge in [-0.2, -0.15) is 4.72 Å². The standard InChI is InChI=1S/C15H13Cl2IN2O3S/c1-9(15(21)19-12-5-3-11(18)4-6-12)20-24(22,23)14-8-10(16)2-7-13(14)17/h2-9,20H,1H3,(H,19,21). The molecule has 1 unspecified atom stereocenters. The van der Waals surface area contributed by atoms with Crippen LogP contribution in [-0.2, 0) is 14.8 Å². The molecule has 0 radical (unpaired) electrons. The third kappa shape index (κ3) is 5.06. The topological polar surface area (TPSA) is 75.3 Å². The number of anilines is 1. The summed E-state index contributed by atoms with van der Waals surface area (Å²) in [5.74, 6) is -0.488. The number of carbonyl (C=O) groups excluding carboxylic acids is 1. The Kier molecular flexibility index (Phi) is 6.49. The van der Waals surface area contributed by atoms with Gasteiger partial charge in [-0.25, -0.2) is 8.42 Å². The molecule has 2 aromatic rings. The summed E-state index contributed by atoms with van der Waals surface area (Å²) in [5.41, 5.74) is 0.576. The molecule has 9 heteroatoms. The van der Waals surface area contributed by atoms with Crippen molar-refractivity contribution >= 4 is 67.4 Å². The first kappa shape index (κ1) is 19.5. The van der Waals surface area contributed by atoms with Crippen LogP contribution in [-0.4, -0.2) is 20.4 Å². The first-order valence-electron chi connectivity index (χ1n) is 6.73. The normalized spacial score (nSPS) is 12.7. The molecule has 128 valence electrons. The maximum absolute atomic E-state index is 12.4. The van der Waals surface area contributed by atoms with Crippen molar-refractivity contribution in [2.75, 3.05) is 5.32 Å². The average Bonchev–Trinajstić information content (AvgIpc) is 2.51. The molecule has 0 saturated carbocycles. The molecular weight excluding hydrogens is 486 g/mol. The zero-order valence-electron chi connectivity index (χ0n) is 12.4. The van der Waals surface area contributed by atoms with Crippen LogP contribution in [0.15, 0.2) is 47.4 Å². The highest BCUT2D eigenvalue weighted by atomic mass is 127. The summed E-state index contributed by atoms with van der Waals surface area (Å²) < 4.78 is 28.1. The molecule has 0 spiro atoms. The van der Waals surface area contributed by atoms with Crippen LogP contribution in [0, 0.1) is 3.57 Å². The summed E-state index contributed by atoms with van der Waals surface area (Å²) in [7, 11) is -3.99. The zero-order valence-corrected chi connectivity index (χ0v) is 16.9. The van der Waals surface area contributed by atoms with Crippen molar-refractivity contribution in [1.82, 2.24) is 4.72 Å². The lowest BCUT2D eigenvalue weighted by Crippen LogP contribution is -2.41. The van der Waals surface area contributed by atoms with Crippen molar-refractivity contribution < 1.29 is 13.2 Å². The van der Waals surface area contributed by atoms with E-state index >= 15 is 0 Å². The van der Waals surface area contributed by atoms with Crippen molar-refractivity contribution in [2.45, 2.75) is 17.9 Å². The van der Waals surface area contributed by atoms with Crippen LogP contribution in [0.25, 0.3) is 0 Å². The van der Waals surface area contributed by atoms with Gasteiger partial charge < -0.3 is 5.32 Å². The van der Waals surface area contributed by atoms with Gasteiger partial charge in [0.05, 0.1) is 11.1 Å². The van der Waals surface area contributed by atoms with E-state index in [9.17, 15) is 13.2 Å². The van der Waals surface area contributed by atoms with Crippen LogP contribution in [0.5, 0.6) is 0 Å². The van der Waals surface area contributed by atoms with E-state index < -0.39 is 22.0 Å². The molecule has 0 aromatic heterocycles. The van der Waals surface area contributed by atoms with Crippen molar-refractivity contribution in [2.24, 2.45) is 0 Å². The summed E-state index contributed by atoms with van der Waals surface area (Å²) in [6, 6.07) is 10.2. The van der Waals surface area contributed by atoms with Crippen LogP contribution in [0.2, 0.25) is 10.0 Å². The van der Waals surface area contributed by atoms with Crippen LogP contribution < -0.4 is 10.0 Å². The Labute approximate surface area is 163 Å². The highest BCUT2D eigenvalue weighted by Gasteiger charge is 2.24. The highest BCUT2D eigenvalue weighted by Crippen LogP contribution is 2.25. The van der Waals surface area contributed by atoms with Crippen molar-refractivity contribution in [3.8, 4) is 0 Å². The molecule has 2 N–H and O–H groups in total. The number of hydrogen-bond acceptors (Lipinski definition) is 3. The fraction of sp³-hybridized carbons (Fsp3) is 0.133. The molecule has 0 aliphatic heterocycles. The summed E-state index contributed by atoms with van der Waals surface area (Å²) >= 11 is 13.9. The average molecular weight is 499 g/mol. The fourth-order valence-electron chi connectivity index (χ4n) is 1.82. The molecule has 0 aliphatic carbocycles. The minimum absolute atomic E-state index is 0.0251. The quantitative estimate of drug-likeness (QED) is 0.614. The molecule has 1 amide bonds. The van der Waals surface area contributed by atoms with Crippen LogP contribution >= 0.6 is 45.8 Å². The number of sulfonamides is 1. The number of carbonyl (C=O) groups is 1. The number of nitrogens with one attached hydrogen (secondary N) is 2. The lowest BCUT2D eigenvalue weighted by molar-refractivity contribution is -0.117. The number of rotatable bonds is 5. The van der Waals surface area contributed by atoms with E-state index in [-0.39, 0.29) is 14.9 Å². The van der Waals surface area contributed by atoms with E-state index in [4.69, 9.17) is 23.2 Å². The molecule has 0 heterocycles. The largest absolute Gasteiger partial charge is 0.325 e. The Morgan fingerprint density at radius 3 is 2.38 bits per heavy atom. The first-order valence-corrected chi connectivity index (χ1v) is 10.0. The number of hydrogen-bond donors (Lipinski definition) is 2. The molecule has 5 nitrogen and oxygen atoms in total. The predicted octanol–water partition coefficient (Wildman–Crippen LogP) is 3.90. The molecule has 24 heavy (non-hydrogen) atoms. The van der Waals surface area contributed by atoms with Gasteiger partial charge in [-0.3, -0.25) is 4.79 Å². The van der Waals surface area contributed by atoms with Crippen molar-refractivity contribution in [3.63, 3.8) is 0 Å². The monoisotopic (exact) mass is 498 g/mol. The Bertz CT molecular complexity index is 858. The minimum atomic E-state index is -3.99. The van der Waals surface area contributed by atoms with Gasteiger partial charge in [-0.1, -0.05) is 23.2 Å². The van der Waals surface area contributed by atoms with E-state index in [1.807, 2.05) is 12.1 Å². The molecule has 0 fully saturated rings. The van der Waals surface area contributed by atoms with E-state index in [0.717, 1.165) is 3.57 Å². The van der Waals surface area contributed by atoms with E-state index in [2.05, 4.69) is 32.6 Å². The van der Waals surface area contributed by atoms with Gasteiger partial charge in [0.15, 0.2) is 0 Å². The van der Waals surface area contributed by atoms with Crippen LogP contribution in [0.1, 0.15) is 6.92 Å². The van der Waals surface area contributed by atoms with Gasteiger partial charge in [-0.15, -0.1) is 0 Å². The van der Waals surface area contributed by atoms with E-state index in [0.29, 0.717) is 5.69 Å². The highest BCUT2D eigenvalue weighted by molar-refractivity contribution is 14.1. The minimum Gasteiger partial charge on any atom is -0.325 e. The maximum Gasteiger partial charge on any atom is 0.242 e. The molecular formula is C15H13Cl2IN2O3S. The summed E-state index contributed by atoms with van der Waals surface area (Å²) in [5, 5.41) is 2.90. The van der Waals surface area contributed by atoms with Crippen LogP contribution in [0.3, 0.4) is 0 Å². The predicted molar refractivity (Wildman–Crippen MR) is 104 cm³/mol. The molecule has 0 saturated heterocycles. The molecule has 0 aliphatic rings. The zero-order chi connectivity index (χ0) is 17.9. The SMILES string of the molecule is CC(NS(=O)(=O)c1cc(Cl)ccc1Cl)C(=O)Nc1ccc(I)cc1.